The van der Waals surface area contributed by atoms with Crippen LogP contribution >= 0.6 is 11.6 Å². The fraction of sp³-hybridized carbons (Fsp3) is 0.440. The van der Waals surface area contributed by atoms with E-state index in [0.717, 1.165) is 24.7 Å². The SMILES string of the molecule is Cc1cn2nc(C3CCCCN3C(=O)c3cc(Cl)ccc3NS(C)(=O)=O)cc2nc1N1CC(O)C(C(N)=O)C1. The highest BCUT2D eigenvalue weighted by atomic mass is 35.5. The van der Waals surface area contributed by atoms with Gasteiger partial charge in [-0.2, -0.15) is 5.10 Å². The topological polar surface area (TPSA) is 163 Å². The predicted molar refractivity (Wildman–Crippen MR) is 146 cm³/mol. The maximum absolute atomic E-state index is 13.8. The number of fused-ring (bicyclic) bond motifs is 1. The number of nitrogens with zero attached hydrogens (tertiary/aromatic N) is 5. The minimum atomic E-state index is -3.62. The van der Waals surface area contributed by atoms with E-state index >= 15 is 0 Å². The Balaban J connectivity index is 1.47. The number of aryl methyl sites for hydroxylation is 1. The minimum Gasteiger partial charge on any atom is -0.390 e. The van der Waals surface area contributed by atoms with Crippen LogP contribution < -0.4 is 15.4 Å². The standard InChI is InChI=1S/C25H30ClN7O5S/c1-14-11-33-22(28-24(14)31-12-17(23(27)35)21(34)13-31)10-19(29-33)20-5-3-4-8-32(20)25(36)16-9-15(26)6-7-18(16)30-39(2,37)38/h6-7,9-11,17,20-21,30,34H,3-5,8,12-13H2,1-2H3,(H2,27,35). The Hall–Kier alpha value is -3.42. The normalized spacial score (nSPS) is 21.9. The van der Waals surface area contributed by atoms with Crippen LogP contribution in [0.4, 0.5) is 11.5 Å². The Morgan fingerprint density at radius 3 is 2.67 bits per heavy atom. The summed E-state index contributed by atoms with van der Waals surface area (Å²) in [5, 5.41) is 15.3. The summed E-state index contributed by atoms with van der Waals surface area (Å²) in [7, 11) is -3.62. The fourth-order valence-electron chi connectivity index (χ4n) is 5.36. The lowest BCUT2D eigenvalue weighted by Gasteiger charge is -2.35. The molecule has 4 N–H and O–H groups in total. The highest BCUT2D eigenvalue weighted by Gasteiger charge is 2.37. The van der Waals surface area contributed by atoms with E-state index in [1.165, 1.54) is 18.2 Å². The van der Waals surface area contributed by atoms with Crippen LogP contribution in [0, 0.1) is 12.8 Å². The van der Waals surface area contributed by atoms with Gasteiger partial charge >= 0.3 is 0 Å². The maximum atomic E-state index is 13.8. The Morgan fingerprint density at radius 1 is 1.21 bits per heavy atom. The molecule has 4 heterocycles. The first-order valence-electron chi connectivity index (χ1n) is 12.6. The van der Waals surface area contributed by atoms with E-state index in [0.29, 0.717) is 35.1 Å². The molecule has 2 aliphatic heterocycles. The zero-order chi connectivity index (χ0) is 28.1. The lowest BCUT2D eigenvalue weighted by molar-refractivity contribution is -0.123. The largest absolute Gasteiger partial charge is 0.390 e. The highest BCUT2D eigenvalue weighted by molar-refractivity contribution is 7.92. The number of carbonyl (C=O) groups is 2. The molecule has 0 aliphatic carbocycles. The molecule has 2 aliphatic rings. The average Bonchev–Trinajstić information content (AvgIpc) is 3.46. The van der Waals surface area contributed by atoms with Gasteiger partial charge < -0.3 is 20.6 Å². The quantitative estimate of drug-likeness (QED) is 0.400. The Bertz CT molecular complexity index is 1560. The molecular weight excluding hydrogens is 546 g/mol. The monoisotopic (exact) mass is 575 g/mol. The molecule has 2 saturated heterocycles. The number of aliphatic hydroxyl groups is 1. The van der Waals surface area contributed by atoms with Crippen molar-refractivity contribution in [3.63, 3.8) is 0 Å². The predicted octanol–water partition coefficient (Wildman–Crippen LogP) is 1.71. The number of β-amino-alcohol motifs (C(OH)–C–C–N with tert-alkyl or cyclic N) is 1. The first-order valence-corrected chi connectivity index (χ1v) is 14.9. The highest BCUT2D eigenvalue weighted by Crippen LogP contribution is 2.34. The number of hydrogen-bond acceptors (Lipinski definition) is 8. The molecule has 1 aromatic carbocycles. The molecule has 3 atom stereocenters. The van der Waals surface area contributed by atoms with Gasteiger partial charge in [-0.15, -0.1) is 0 Å². The number of halogens is 1. The van der Waals surface area contributed by atoms with Crippen molar-refractivity contribution < 1.29 is 23.1 Å². The molecule has 5 rings (SSSR count). The first kappa shape index (κ1) is 27.2. The van der Waals surface area contributed by atoms with Crippen LogP contribution in [0.15, 0.2) is 30.5 Å². The number of hydrogen-bond donors (Lipinski definition) is 3. The number of sulfonamides is 1. The van der Waals surface area contributed by atoms with Crippen molar-refractivity contribution >= 4 is 50.6 Å². The second-order valence-corrected chi connectivity index (χ2v) is 12.4. The van der Waals surface area contributed by atoms with E-state index in [1.54, 1.807) is 9.42 Å². The molecule has 208 valence electrons. The van der Waals surface area contributed by atoms with E-state index in [1.807, 2.05) is 24.1 Å². The minimum absolute atomic E-state index is 0.162. The fourth-order valence-corrected chi connectivity index (χ4v) is 6.11. The summed E-state index contributed by atoms with van der Waals surface area (Å²) < 4.78 is 27.9. The van der Waals surface area contributed by atoms with Gasteiger partial charge in [0.15, 0.2) is 5.65 Å². The summed E-state index contributed by atoms with van der Waals surface area (Å²) in [5.74, 6) is -0.937. The van der Waals surface area contributed by atoms with Gasteiger partial charge in [-0.1, -0.05) is 11.6 Å². The van der Waals surface area contributed by atoms with Gasteiger partial charge in [-0.25, -0.2) is 17.9 Å². The lowest BCUT2D eigenvalue weighted by atomic mass is 9.98. The van der Waals surface area contributed by atoms with Crippen molar-refractivity contribution in [3.05, 3.63) is 52.3 Å². The molecule has 0 saturated carbocycles. The van der Waals surface area contributed by atoms with Gasteiger partial charge in [-0.3, -0.25) is 14.3 Å². The number of benzene rings is 1. The zero-order valence-electron chi connectivity index (χ0n) is 21.5. The molecule has 3 unspecified atom stereocenters. The van der Waals surface area contributed by atoms with Crippen molar-refractivity contribution in [2.24, 2.45) is 11.7 Å². The molecule has 0 spiro atoms. The molecule has 14 heteroatoms. The number of nitrogens with two attached hydrogens (primary N) is 1. The third kappa shape index (κ3) is 5.52. The molecule has 0 radical (unpaired) electrons. The van der Waals surface area contributed by atoms with Crippen LogP contribution in [0.25, 0.3) is 5.65 Å². The van der Waals surface area contributed by atoms with Crippen molar-refractivity contribution in [3.8, 4) is 0 Å². The van der Waals surface area contributed by atoms with Crippen LogP contribution in [0.5, 0.6) is 0 Å². The van der Waals surface area contributed by atoms with E-state index in [2.05, 4.69) is 4.72 Å². The molecular formula is C25H30ClN7O5S. The third-order valence-electron chi connectivity index (χ3n) is 7.19. The second kappa shape index (κ2) is 10.3. The summed E-state index contributed by atoms with van der Waals surface area (Å²) in [6, 6.07) is 5.94. The molecule has 2 fully saturated rings. The average molecular weight is 576 g/mol. The number of primary amides is 1. The van der Waals surface area contributed by atoms with Crippen molar-refractivity contribution in [2.75, 3.05) is 35.5 Å². The number of likely N-dealkylation sites (tertiary alicyclic amines) is 1. The molecule has 2 amide bonds. The van der Waals surface area contributed by atoms with Crippen LogP contribution in [-0.4, -0.2) is 76.8 Å². The third-order valence-corrected chi connectivity index (χ3v) is 8.02. The smallest absolute Gasteiger partial charge is 0.256 e. The van der Waals surface area contributed by atoms with Gasteiger partial charge in [0, 0.05) is 42.5 Å². The van der Waals surface area contributed by atoms with E-state index in [9.17, 15) is 23.1 Å². The second-order valence-electron chi connectivity index (χ2n) is 10.2. The maximum Gasteiger partial charge on any atom is 0.256 e. The summed E-state index contributed by atoms with van der Waals surface area (Å²) in [6.45, 7) is 2.86. The van der Waals surface area contributed by atoms with Gasteiger partial charge in [0.05, 0.1) is 41.3 Å². The van der Waals surface area contributed by atoms with E-state index in [-0.39, 0.29) is 36.3 Å². The number of carbonyl (C=O) groups excluding carboxylic acids is 2. The van der Waals surface area contributed by atoms with Gasteiger partial charge in [0.1, 0.15) is 5.82 Å². The van der Waals surface area contributed by atoms with Crippen LogP contribution in [-0.2, 0) is 14.8 Å². The number of aromatic nitrogens is 3. The van der Waals surface area contributed by atoms with E-state index < -0.39 is 28.0 Å². The van der Waals surface area contributed by atoms with Crippen LogP contribution in [0.2, 0.25) is 5.02 Å². The van der Waals surface area contributed by atoms with Crippen molar-refractivity contribution in [1.29, 1.82) is 0 Å². The van der Waals surface area contributed by atoms with Crippen LogP contribution in [0.1, 0.15) is 46.9 Å². The van der Waals surface area contributed by atoms with E-state index in [4.69, 9.17) is 27.4 Å². The zero-order valence-corrected chi connectivity index (χ0v) is 23.1. The number of anilines is 2. The number of nitrogens with one attached hydrogen (secondary N) is 1. The van der Waals surface area contributed by atoms with Crippen molar-refractivity contribution in [1.82, 2.24) is 19.5 Å². The Kier molecular flexibility index (Phi) is 7.16. The molecule has 39 heavy (non-hydrogen) atoms. The molecule has 0 bridgehead atoms. The first-order chi connectivity index (χ1) is 18.4. The number of piperidine rings is 1. The number of aliphatic hydroxyl groups excluding tert-OH is 1. The van der Waals surface area contributed by atoms with Crippen molar-refractivity contribution in [2.45, 2.75) is 38.3 Å². The van der Waals surface area contributed by atoms with Crippen LogP contribution in [0.3, 0.4) is 0 Å². The summed E-state index contributed by atoms with van der Waals surface area (Å²) in [5.41, 5.74) is 7.78. The summed E-state index contributed by atoms with van der Waals surface area (Å²) in [6.07, 6.45) is 4.35. The number of rotatable bonds is 6. The Labute approximate surface area is 230 Å². The Morgan fingerprint density at radius 2 is 1.97 bits per heavy atom. The molecule has 12 nitrogen and oxygen atoms in total. The lowest BCUT2D eigenvalue weighted by Crippen LogP contribution is -2.39. The van der Waals surface area contributed by atoms with Gasteiger partial charge in [-0.05, 0) is 44.4 Å². The number of amides is 2. The summed E-state index contributed by atoms with van der Waals surface area (Å²) in [4.78, 5) is 33.8. The van der Waals surface area contributed by atoms with Gasteiger partial charge in [0.25, 0.3) is 5.91 Å². The van der Waals surface area contributed by atoms with Gasteiger partial charge in [0.2, 0.25) is 15.9 Å². The molecule has 3 aromatic rings. The molecule has 2 aromatic heterocycles. The summed E-state index contributed by atoms with van der Waals surface area (Å²) >= 11 is 6.18.